The van der Waals surface area contributed by atoms with E-state index in [9.17, 15) is 9.59 Å². The summed E-state index contributed by atoms with van der Waals surface area (Å²) < 4.78 is 0. The average Bonchev–Trinajstić information content (AvgIpc) is 2.96. The van der Waals surface area contributed by atoms with Gasteiger partial charge in [-0.3, -0.25) is 4.79 Å². The van der Waals surface area contributed by atoms with E-state index in [-0.39, 0.29) is 17.9 Å². The molecule has 0 saturated carbocycles. The van der Waals surface area contributed by atoms with Crippen molar-refractivity contribution >= 4 is 17.4 Å². The Labute approximate surface area is 218 Å². The molecule has 0 bridgehead atoms. The minimum Gasteiger partial charge on any atom is -0.320 e. The average molecular weight is 488 g/mol. The number of nitrogens with zero attached hydrogens (tertiary/aromatic N) is 2. The van der Waals surface area contributed by atoms with Crippen LogP contribution in [0.4, 0.5) is 4.79 Å². The number of hydrazine groups is 1. The summed E-state index contributed by atoms with van der Waals surface area (Å²) in [6.07, 6.45) is 16.3. The van der Waals surface area contributed by atoms with E-state index in [2.05, 4.69) is 24.0 Å². The van der Waals surface area contributed by atoms with Gasteiger partial charge in [0.25, 0.3) is 0 Å². The van der Waals surface area contributed by atoms with Crippen molar-refractivity contribution in [1.29, 1.82) is 0 Å². The Morgan fingerprint density at radius 1 is 0.892 bits per heavy atom. The minimum absolute atomic E-state index is 0.0963. The molecule has 3 aromatic carbocycles. The summed E-state index contributed by atoms with van der Waals surface area (Å²) in [6.45, 7) is 0.670. The normalized spacial score (nSPS) is 15.4. The number of rotatable bonds is 6. The van der Waals surface area contributed by atoms with Gasteiger partial charge >= 0.3 is 6.03 Å². The summed E-state index contributed by atoms with van der Waals surface area (Å²) in [5.74, 6) is 10.6. The van der Waals surface area contributed by atoms with Crippen LogP contribution in [0, 0.1) is 24.7 Å². The fourth-order valence-corrected chi connectivity index (χ4v) is 4.63. The summed E-state index contributed by atoms with van der Waals surface area (Å²) in [6, 6.07) is 24.8. The molecule has 1 saturated heterocycles. The zero-order valence-electron chi connectivity index (χ0n) is 20.6. The molecule has 4 rings (SSSR count). The number of piperidine rings is 1. The van der Waals surface area contributed by atoms with Crippen LogP contribution in [0.15, 0.2) is 85.1 Å². The Bertz CT molecular complexity index is 1360. The van der Waals surface area contributed by atoms with Crippen LogP contribution in [0.5, 0.6) is 0 Å². The fourth-order valence-electron chi connectivity index (χ4n) is 4.63. The maximum Gasteiger partial charge on any atom is 0.338 e. The summed E-state index contributed by atoms with van der Waals surface area (Å²) in [5.41, 5.74) is 4.86. The van der Waals surface area contributed by atoms with E-state index < -0.39 is 0 Å². The number of urea groups is 1. The molecule has 184 valence electrons. The van der Waals surface area contributed by atoms with Crippen LogP contribution in [0.3, 0.4) is 0 Å². The van der Waals surface area contributed by atoms with Crippen LogP contribution in [0.2, 0.25) is 0 Å². The summed E-state index contributed by atoms with van der Waals surface area (Å²) >= 11 is 0. The molecule has 37 heavy (non-hydrogen) atoms. The van der Waals surface area contributed by atoms with E-state index in [1.54, 1.807) is 12.1 Å². The molecular formula is C32H29N3O2. The zero-order valence-corrected chi connectivity index (χ0v) is 20.6. The Morgan fingerprint density at radius 2 is 1.51 bits per heavy atom. The summed E-state index contributed by atoms with van der Waals surface area (Å²) in [4.78, 5) is 26.8. The maximum absolute atomic E-state index is 13.3. The van der Waals surface area contributed by atoms with Gasteiger partial charge in [-0.15, -0.1) is 12.8 Å². The van der Waals surface area contributed by atoms with Gasteiger partial charge in [0.05, 0.1) is 0 Å². The number of ketones is 1. The molecule has 2 N–H and O–H groups in total. The van der Waals surface area contributed by atoms with Crippen molar-refractivity contribution in [2.24, 2.45) is 5.84 Å². The van der Waals surface area contributed by atoms with Gasteiger partial charge in [0.15, 0.2) is 0 Å². The fraction of sp³-hybridized carbons (Fsp3) is 0.188. The minimum atomic E-state index is -0.345. The van der Waals surface area contributed by atoms with Crippen molar-refractivity contribution in [2.45, 2.75) is 31.7 Å². The molecule has 1 atom stereocenters. The number of nitrogens with two attached hydrogens (primary N) is 1. The summed E-state index contributed by atoms with van der Waals surface area (Å²) in [5, 5.41) is 1.10. The van der Waals surface area contributed by atoms with Crippen LogP contribution in [0.1, 0.15) is 40.7 Å². The number of carbonyl (C=O) groups is 2. The highest BCUT2D eigenvalue weighted by Crippen LogP contribution is 2.25. The zero-order chi connectivity index (χ0) is 26.2. The number of likely N-dealkylation sites (tertiary alicyclic amines) is 1. The van der Waals surface area contributed by atoms with Crippen molar-refractivity contribution < 1.29 is 9.59 Å². The SMILES string of the molecule is C#CC(=O)c1ccc(-c2ccc(/C(C#C)=C/N(N)C(=O)N3CCCCC3Cc3ccccc3)cc2)cc1. The Hall–Kier alpha value is -4.58. The van der Waals surface area contributed by atoms with Crippen molar-refractivity contribution in [2.75, 3.05) is 6.54 Å². The number of terminal acetylenes is 2. The van der Waals surface area contributed by atoms with Crippen LogP contribution in [-0.2, 0) is 6.42 Å². The lowest BCUT2D eigenvalue weighted by molar-refractivity contribution is 0.105. The van der Waals surface area contributed by atoms with Crippen molar-refractivity contribution in [3.63, 3.8) is 0 Å². The quantitative estimate of drug-likeness (QED) is 0.124. The van der Waals surface area contributed by atoms with Crippen LogP contribution >= 0.6 is 0 Å². The molecule has 1 fully saturated rings. The monoisotopic (exact) mass is 487 g/mol. The van der Waals surface area contributed by atoms with E-state index in [0.29, 0.717) is 17.7 Å². The number of benzene rings is 3. The molecule has 1 unspecified atom stereocenters. The predicted octanol–water partition coefficient (Wildman–Crippen LogP) is 5.54. The third-order valence-electron chi connectivity index (χ3n) is 6.64. The first-order chi connectivity index (χ1) is 18.0. The number of hydrogen-bond donors (Lipinski definition) is 1. The molecule has 5 heteroatoms. The molecule has 5 nitrogen and oxygen atoms in total. The number of Topliss-reactive ketones (excluding diaryl/α,β-unsaturated/α-hetero) is 1. The van der Waals surface area contributed by atoms with Crippen molar-refractivity contribution in [1.82, 2.24) is 9.91 Å². The molecule has 0 aromatic heterocycles. The molecule has 1 aliphatic heterocycles. The van der Waals surface area contributed by atoms with E-state index in [1.165, 1.54) is 11.8 Å². The number of amides is 2. The highest BCUT2D eigenvalue weighted by Gasteiger charge is 2.29. The Morgan fingerprint density at radius 3 is 2.11 bits per heavy atom. The van der Waals surface area contributed by atoms with E-state index in [1.807, 2.05) is 59.5 Å². The van der Waals surface area contributed by atoms with Crippen molar-refractivity contribution in [3.8, 4) is 35.8 Å². The lowest BCUT2D eigenvalue weighted by atomic mass is 9.96. The molecular weight excluding hydrogens is 458 g/mol. The van der Waals surface area contributed by atoms with Gasteiger partial charge in [-0.1, -0.05) is 72.7 Å². The molecule has 0 aliphatic carbocycles. The molecule has 3 aromatic rings. The first-order valence-electron chi connectivity index (χ1n) is 12.3. The maximum atomic E-state index is 13.3. The van der Waals surface area contributed by atoms with Gasteiger partial charge in [-0.2, -0.15) is 0 Å². The molecule has 1 aliphatic rings. The van der Waals surface area contributed by atoms with Crippen molar-refractivity contribution in [3.05, 3.63) is 102 Å². The number of carbonyl (C=O) groups excluding carboxylic acids is 2. The Kier molecular flexibility index (Phi) is 8.21. The number of allylic oxidation sites excluding steroid dienone is 1. The van der Waals surface area contributed by atoms with Gasteiger partial charge in [0.2, 0.25) is 5.78 Å². The topological polar surface area (TPSA) is 66.6 Å². The number of hydrogen-bond acceptors (Lipinski definition) is 3. The summed E-state index contributed by atoms with van der Waals surface area (Å²) in [7, 11) is 0. The predicted molar refractivity (Wildman–Crippen MR) is 148 cm³/mol. The van der Waals surface area contributed by atoms with Gasteiger partial charge in [-0.25, -0.2) is 15.6 Å². The lowest BCUT2D eigenvalue weighted by Crippen LogP contribution is -2.51. The standard InChI is InChI=1S/C32H29N3O2/c1-3-25(26-13-15-27(16-14-26)28-17-19-29(20-18-28)31(36)4-2)23-35(33)32(37)34-21-9-8-12-30(34)22-24-10-6-5-7-11-24/h1-2,5-7,10-11,13-20,23,30H,8-9,12,21-22,33H2/b25-23+. The third-order valence-corrected chi connectivity index (χ3v) is 6.64. The van der Waals surface area contributed by atoms with E-state index in [4.69, 9.17) is 18.7 Å². The van der Waals surface area contributed by atoms with Gasteiger partial charge in [0, 0.05) is 29.9 Å². The van der Waals surface area contributed by atoms with Gasteiger partial charge in [-0.05, 0) is 66.0 Å². The largest absolute Gasteiger partial charge is 0.338 e. The first-order valence-corrected chi connectivity index (χ1v) is 12.3. The molecule has 0 spiro atoms. The van der Waals surface area contributed by atoms with Gasteiger partial charge in [0.1, 0.15) is 0 Å². The third kappa shape index (κ3) is 6.16. The second-order valence-corrected chi connectivity index (χ2v) is 9.04. The van der Waals surface area contributed by atoms with Crippen LogP contribution in [0.25, 0.3) is 16.7 Å². The second kappa shape index (κ2) is 11.9. The Balaban J connectivity index is 1.48. The van der Waals surface area contributed by atoms with E-state index >= 15 is 0 Å². The molecule has 0 radical (unpaired) electrons. The molecule has 1 heterocycles. The van der Waals surface area contributed by atoms with Crippen LogP contribution < -0.4 is 5.84 Å². The van der Waals surface area contributed by atoms with Crippen LogP contribution in [-0.4, -0.2) is 34.3 Å². The molecule has 2 amide bonds. The highest BCUT2D eigenvalue weighted by atomic mass is 16.2. The highest BCUT2D eigenvalue weighted by molar-refractivity contribution is 6.08. The second-order valence-electron chi connectivity index (χ2n) is 9.04. The first kappa shape index (κ1) is 25.5. The smallest absolute Gasteiger partial charge is 0.320 e. The van der Waals surface area contributed by atoms with Gasteiger partial charge < -0.3 is 4.90 Å². The van der Waals surface area contributed by atoms with E-state index in [0.717, 1.165) is 47.4 Å². The lowest BCUT2D eigenvalue weighted by Gasteiger charge is -2.37.